The Balaban J connectivity index is 2.41. The fourth-order valence-electron chi connectivity index (χ4n) is 1.50. The number of amides is 1. The monoisotopic (exact) mass is 209 g/mol. The zero-order valence-electron chi connectivity index (χ0n) is 9.49. The first kappa shape index (κ1) is 12.0. The molecule has 1 N–H and O–H groups in total. The molecule has 1 saturated carbocycles. The van der Waals surface area contributed by atoms with Crippen LogP contribution in [0.2, 0.25) is 0 Å². The van der Waals surface area contributed by atoms with E-state index in [1.165, 1.54) is 0 Å². The second kappa shape index (κ2) is 5.72. The van der Waals surface area contributed by atoms with E-state index in [1.54, 1.807) is 0 Å². The molecule has 4 nitrogen and oxygen atoms in total. The van der Waals surface area contributed by atoms with Gasteiger partial charge in [-0.15, -0.1) is 0 Å². The zero-order chi connectivity index (χ0) is 11.3. The van der Waals surface area contributed by atoms with Crippen molar-refractivity contribution in [3.63, 3.8) is 0 Å². The smallest absolute Gasteiger partial charge is 0.237 e. The predicted molar refractivity (Wildman–Crippen MR) is 58.1 cm³/mol. The highest BCUT2D eigenvalue weighted by atomic mass is 16.2. The number of hydrogen-bond acceptors (Lipinski definition) is 3. The molecule has 4 heteroatoms. The third-order valence-electron chi connectivity index (χ3n) is 2.64. The molecule has 1 fully saturated rings. The van der Waals surface area contributed by atoms with Crippen molar-refractivity contribution in [3.05, 3.63) is 0 Å². The van der Waals surface area contributed by atoms with E-state index < -0.39 is 0 Å². The van der Waals surface area contributed by atoms with Crippen molar-refractivity contribution in [1.29, 1.82) is 5.26 Å². The molecule has 1 aliphatic carbocycles. The third kappa shape index (κ3) is 3.88. The summed E-state index contributed by atoms with van der Waals surface area (Å²) >= 11 is 0. The molecular weight excluding hydrogens is 190 g/mol. The van der Waals surface area contributed by atoms with Crippen molar-refractivity contribution >= 4 is 5.91 Å². The van der Waals surface area contributed by atoms with Gasteiger partial charge in [-0.3, -0.25) is 9.69 Å². The van der Waals surface area contributed by atoms with Crippen LogP contribution in [-0.2, 0) is 4.79 Å². The average Bonchev–Trinajstić information content (AvgIpc) is 3.00. The molecule has 1 amide bonds. The fourth-order valence-corrected chi connectivity index (χ4v) is 1.50. The van der Waals surface area contributed by atoms with Crippen LogP contribution < -0.4 is 5.32 Å². The summed E-state index contributed by atoms with van der Waals surface area (Å²) in [6.07, 6.45) is 3.16. The normalized spacial score (nSPS) is 17.2. The minimum absolute atomic E-state index is 0.0567. The lowest BCUT2D eigenvalue weighted by Gasteiger charge is -2.25. The Morgan fingerprint density at radius 1 is 1.67 bits per heavy atom. The van der Waals surface area contributed by atoms with E-state index in [1.807, 2.05) is 11.8 Å². The molecule has 0 heterocycles. The molecule has 15 heavy (non-hydrogen) atoms. The molecule has 0 aromatic carbocycles. The van der Waals surface area contributed by atoms with Crippen LogP contribution in [0.3, 0.4) is 0 Å². The average molecular weight is 209 g/mol. The molecule has 84 valence electrons. The van der Waals surface area contributed by atoms with Gasteiger partial charge in [0, 0.05) is 6.04 Å². The summed E-state index contributed by atoms with van der Waals surface area (Å²) in [7, 11) is 0. The Morgan fingerprint density at radius 3 is 2.80 bits per heavy atom. The highest BCUT2D eigenvalue weighted by Gasteiger charge is 2.27. The summed E-state index contributed by atoms with van der Waals surface area (Å²) in [4.78, 5) is 13.6. The second-order valence-corrected chi connectivity index (χ2v) is 4.09. The number of carbonyl (C=O) groups is 1. The van der Waals surface area contributed by atoms with Gasteiger partial charge in [0.2, 0.25) is 5.91 Å². The van der Waals surface area contributed by atoms with E-state index >= 15 is 0 Å². The first-order valence-electron chi connectivity index (χ1n) is 5.60. The highest BCUT2D eigenvalue weighted by molar-refractivity contribution is 5.81. The summed E-state index contributed by atoms with van der Waals surface area (Å²) in [6.45, 7) is 5.04. The minimum Gasteiger partial charge on any atom is -0.352 e. The summed E-state index contributed by atoms with van der Waals surface area (Å²) in [6, 6.07) is 2.31. The summed E-state index contributed by atoms with van der Waals surface area (Å²) < 4.78 is 0. The highest BCUT2D eigenvalue weighted by Crippen LogP contribution is 2.19. The standard InChI is InChI=1S/C11H19N3O/c1-3-7-14(8-6-12)9(2)11(15)13-10-4-5-10/h9-10H,3-5,7-8H2,1-2H3,(H,13,15). The number of carbonyl (C=O) groups excluding carboxylic acids is 1. The molecular formula is C11H19N3O. The Hall–Kier alpha value is -1.08. The number of nitrogens with one attached hydrogen (secondary N) is 1. The molecule has 1 atom stereocenters. The largest absolute Gasteiger partial charge is 0.352 e. The van der Waals surface area contributed by atoms with Crippen molar-refractivity contribution in [3.8, 4) is 6.07 Å². The summed E-state index contributed by atoms with van der Waals surface area (Å²) in [5.41, 5.74) is 0. The Bertz CT molecular complexity index is 255. The summed E-state index contributed by atoms with van der Waals surface area (Å²) in [5.74, 6) is 0.0567. The van der Waals surface area contributed by atoms with Crippen molar-refractivity contribution in [1.82, 2.24) is 10.2 Å². The first-order chi connectivity index (χ1) is 7.19. The van der Waals surface area contributed by atoms with Gasteiger partial charge in [0.15, 0.2) is 0 Å². The number of nitriles is 1. The molecule has 0 saturated heterocycles. The van der Waals surface area contributed by atoms with Crippen LogP contribution in [0.15, 0.2) is 0 Å². The minimum atomic E-state index is -0.190. The van der Waals surface area contributed by atoms with Crippen LogP contribution in [0.5, 0.6) is 0 Å². The van der Waals surface area contributed by atoms with Crippen molar-refractivity contribution in [2.45, 2.75) is 45.2 Å². The number of hydrogen-bond donors (Lipinski definition) is 1. The van der Waals surface area contributed by atoms with Crippen LogP contribution in [-0.4, -0.2) is 36.0 Å². The van der Waals surface area contributed by atoms with Crippen LogP contribution in [0.25, 0.3) is 0 Å². The lowest BCUT2D eigenvalue weighted by Crippen LogP contribution is -2.46. The third-order valence-corrected chi connectivity index (χ3v) is 2.64. The predicted octanol–water partition coefficient (Wildman–Crippen LogP) is 0.889. The first-order valence-corrected chi connectivity index (χ1v) is 5.60. The van der Waals surface area contributed by atoms with E-state index in [4.69, 9.17) is 5.26 Å². The molecule has 0 bridgehead atoms. The molecule has 0 aromatic rings. The van der Waals surface area contributed by atoms with Gasteiger partial charge in [-0.05, 0) is 32.7 Å². The maximum Gasteiger partial charge on any atom is 0.237 e. The molecule has 1 unspecified atom stereocenters. The Kier molecular flexibility index (Phi) is 4.57. The van der Waals surface area contributed by atoms with Gasteiger partial charge >= 0.3 is 0 Å². The number of rotatable bonds is 6. The molecule has 0 radical (unpaired) electrons. The van der Waals surface area contributed by atoms with Gasteiger partial charge < -0.3 is 5.32 Å². The van der Waals surface area contributed by atoms with E-state index in [-0.39, 0.29) is 11.9 Å². The van der Waals surface area contributed by atoms with Crippen molar-refractivity contribution < 1.29 is 4.79 Å². The SMILES string of the molecule is CCCN(CC#N)C(C)C(=O)NC1CC1. The fraction of sp³-hybridized carbons (Fsp3) is 0.818. The van der Waals surface area contributed by atoms with E-state index in [0.29, 0.717) is 12.6 Å². The van der Waals surface area contributed by atoms with Crippen LogP contribution >= 0.6 is 0 Å². The van der Waals surface area contributed by atoms with Crippen LogP contribution in [0.1, 0.15) is 33.1 Å². The molecule has 1 aliphatic rings. The molecule has 1 rings (SSSR count). The second-order valence-electron chi connectivity index (χ2n) is 4.09. The number of nitrogens with zero attached hydrogens (tertiary/aromatic N) is 2. The van der Waals surface area contributed by atoms with E-state index in [0.717, 1.165) is 25.8 Å². The lowest BCUT2D eigenvalue weighted by atomic mass is 10.2. The topological polar surface area (TPSA) is 56.1 Å². The Morgan fingerprint density at radius 2 is 2.33 bits per heavy atom. The van der Waals surface area contributed by atoms with Crippen LogP contribution in [0.4, 0.5) is 0 Å². The van der Waals surface area contributed by atoms with Crippen molar-refractivity contribution in [2.24, 2.45) is 0 Å². The molecule has 0 aliphatic heterocycles. The maximum absolute atomic E-state index is 11.7. The van der Waals surface area contributed by atoms with Gasteiger partial charge in [-0.2, -0.15) is 5.26 Å². The molecule has 0 aromatic heterocycles. The Labute approximate surface area is 91.2 Å². The zero-order valence-corrected chi connectivity index (χ0v) is 9.49. The van der Waals surface area contributed by atoms with Gasteiger partial charge in [-0.25, -0.2) is 0 Å². The van der Waals surface area contributed by atoms with Gasteiger partial charge in [0.05, 0.1) is 18.7 Å². The van der Waals surface area contributed by atoms with Gasteiger partial charge in [0.25, 0.3) is 0 Å². The quantitative estimate of drug-likeness (QED) is 0.661. The van der Waals surface area contributed by atoms with E-state index in [9.17, 15) is 4.79 Å². The van der Waals surface area contributed by atoms with E-state index in [2.05, 4.69) is 18.3 Å². The van der Waals surface area contributed by atoms with Crippen molar-refractivity contribution in [2.75, 3.05) is 13.1 Å². The van der Waals surface area contributed by atoms with Crippen LogP contribution in [0, 0.1) is 11.3 Å². The maximum atomic E-state index is 11.7. The lowest BCUT2D eigenvalue weighted by molar-refractivity contribution is -0.125. The molecule has 0 spiro atoms. The van der Waals surface area contributed by atoms with Gasteiger partial charge in [0.1, 0.15) is 0 Å². The van der Waals surface area contributed by atoms with Gasteiger partial charge in [-0.1, -0.05) is 6.92 Å². The summed E-state index contributed by atoms with van der Waals surface area (Å²) in [5, 5.41) is 11.6.